The number of carboxylic acid groups (broad SMARTS) is 1. The van der Waals surface area contributed by atoms with Gasteiger partial charge in [0.05, 0.1) is 11.9 Å². The molecule has 0 unspecified atom stereocenters. The van der Waals surface area contributed by atoms with Gasteiger partial charge in [0.15, 0.2) is 11.2 Å². The molecule has 0 bridgehead atoms. The van der Waals surface area contributed by atoms with E-state index < -0.39 is 5.97 Å². The molecule has 0 atom stereocenters. The van der Waals surface area contributed by atoms with Gasteiger partial charge in [-0.3, -0.25) is 0 Å². The highest BCUT2D eigenvalue weighted by molar-refractivity contribution is 5.85. The molecule has 0 spiro atoms. The number of aryl methyl sites for hydroxylation is 1. The average molecular weight is 372 g/mol. The summed E-state index contributed by atoms with van der Waals surface area (Å²) in [5.74, 6) is -0.605. The van der Waals surface area contributed by atoms with Crippen molar-refractivity contribution in [3.63, 3.8) is 0 Å². The van der Waals surface area contributed by atoms with Crippen LogP contribution in [0.2, 0.25) is 0 Å². The summed E-state index contributed by atoms with van der Waals surface area (Å²) in [6.07, 6.45) is 4.22. The normalized spacial score (nSPS) is 11.2. The van der Waals surface area contributed by atoms with E-state index in [4.69, 9.17) is 5.11 Å². The molecule has 28 heavy (non-hydrogen) atoms. The SMILES string of the molecule is Cc1cccc(-n2nnc3cnc(Nc4cccc(/C=C/C(=O)O)c4)nc32)c1. The van der Waals surface area contributed by atoms with E-state index in [0.29, 0.717) is 17.1 Å². The zero-order valence-corrected chi connectivity index (χ0v) is 14.9. The average Bonchev–Trinajstić information content (AvgIpc) is 3.10. The summed E-state index contributed by atoms with van der Waals surface area (Å²) in [7, 11) is 0. The van der Waals surface area contributed by atoms with Gasteiger partial charge in [0, 0.05) is 11.8 Å². The minimum Gasteiger partial charge on any atom is -0.478 e. The molecular formula is C20H16N6O2. The van der Waals surface area contributed by atoms with Crippen LogP contribution in [0, 0.1) is 6.92 Å². The highest BCUT2D eigenvalue weighted by Gasteiger charge is 2.10. The number of aromatic nitrogens is 5. The van der Waals surface area contributed by atoms with Crippen LogP contribution in [0.25, 0.3) is 22.9 Å². The number of carbonyl (C=O) groups is 1. The van der Waals surface area contributed by atoms with Crippen molar-refractivity contribution >= 4 is 34.8 Å². The molecule has 8 nitrogen and oxygen atoms in total. The van der Waals surface area contributed by atoms with Gasteiger partial charge in [0.2, 0.25) is 5.95 Å². The Kier molecular flexibility index (Phi) is 4.51. The first-order valence-corrected chi connectivity index (χ1v) is 8.52. The van der Waals surface area contributed by atoms with Crippen LogP contribution >= 0.6 is 0 Å². The first kappa shape index (κ1) is 17.3. The van der Waals surface area contributed by atoms with Crippen molar-refractivity contribution < 1.29 is 9.90 Å². The summed E-state index contributed by atoms with van der Waals surface area (Å²) in [5, 5.41) is 20.2. The largest absolute Gasteiger partial charge is 0.478 e. The van der Waals surface area contributed by atoms with Crippen molar-refractivity contribution in [3.05, 3.63) is 71.9 Å². The first-order chi connectivity index (χ1) is 13.6. The molecule has 4 rings (SSSR count). The van der Waals surface area contributed by atoms with Crippen LogP contribution in [0.3, 0.4) is 0 Å². The van der Waals surface area contributed by atoms with Gasteiger partial charge in [0.1, 0.15) is 0 Å². The highest BCUT2D eigenvalue weighted by atomic mass is 16.4. The second-order valence-electron chi connectivity index (χ2n) is 6.16. The van der Waals surface area contributed by atoms with Gasteiger partial charge in [-0.25, -0.2) is 9.78 Å². The third-order valence-electron chi connectivity index (χ3n) is 4.00. The predicted octanol–water partition coefficient (Wildman–Crippen LogP) is 3.36. The molecule has 2 heterocycles. The molecule has 0 radical (unpaired) electrons. The molecule has 4 aromatic rings. The Labute approximate surface area is 160 Å². The van der Waals surface area contributed by atoms with Crippen LogP contribution in [0.4, 0.5) is 11.6 Å². The van der Waals surface area contributed by atoms with Gasteiger partial charge in [-0.2, -0.15) is 9.67 Å². The van der Waals surface area contributed by atoms with Gasteiger partial charge in [-0.1, -0.05) is 29.5 Å². The Morgan fingerprint density at radius 2 is 2.04 bits per heavy atom. The molecular weight excluding hydrogens is 356 g/mol. The second-order valence-corrected chi connectivity index (χ2v) is 6.16. The Hall–Kier alpha value is -4.07. The molecule has 0 saturated carbocycles. The molecule has 2 aromatic carbocycles. The fraction of sp³-hybridized carbons (Fsp3) is 0.0500. The van der Waals surface area contributed by atoms with Gasteiger partial charge < -0.3 is 10.4 Å². The minimum absolute atomic E-state index is 0.392. The number of aliphatic carboxylic acids is 1. The van der Waals surface area contributed by atoms with Gasteiger partial charge in [0.25, 0.3) is 0 Å². The standard InChI is InChI=1S/C20H16N6O2/c1-13-4-2-7-16(10-13)26-19-17(24-25-26)12-21-20(23-19)22-15-6-3-5-14(11-15)8-9-18(27)28/h2-12H,1H3,(H,27,28)(H,21,22,23)/b9-8+. The van der Waals surface area contributed by atoms with Gasteiger partial charge in [-0.15, -0.1) is 5.10 Å². The highest BCUT2D eigenvalue weighted by Crippen LogP contribution is 2.19. The Morgan fingerprint density at radius 1 is 1.18 bits per heavy atom. The summed E-state index contributed by atoms with van der Waals surface area (Å²) in [6.45, 7) is 2.01. The number of fused-ring (bicyclic) bond motifs is 1. The summed E-state index contributed by atoms with van der Waals surface area (Å²) in [4.78, 5) is 19.5. The van der Waals surface area contributed by atoms with Crippen LogP contribution in [0.1, 0.15) is 11.1 Å². The Balaban J connectivity index is 1.66. The number of anilines is 2. The molecule has 2 aromatic heterocycles. The van der Waals surface area contributed by atoms with Gasteiger partial charge >= 0.3 is 5.97 Å². The van der Waals surface area contributed by atoms with Crippen molar-refractivity contribution in [1.29, 1.82) is 0 Å². The summed E-state index contributed by atoms with van der Waals surface area (Å²) in [5.41, 5.74) is 4.64. The number of carboxylic acids is 1. The van der Waals surface area contributed by atoms with E-state index in [2.05, 4.69) is 25.6 Å². The molecule has 2 N–H and O–H groups in total. The second kappa shape index (κ2) is 7.28. The fourth-order valence-electron chi connectivity index (χ4n) is 2.74. The topological polar surface area (TPSA) is 106 Å². The molecule has 0 saturated heterocycles. The van der Waals surface area contributed by atoms with Crippen LogP contribution in [0.15, 0.2) is 60.8 Å². The predicted molar refractivity (Wildman–Crippen MR) is 106 cm³/mol. The Bertz CT molecular complexity index is 1200. The molecule has 138 valence electrons. The zero-order chi connectivity index (χ0) is 19.5. The molecule has 0 aliphatic rings. The van der Waals surface area contributed by atoms with E-state index in [-0.39, 0.29) is 0 Å². The smallest absolute Gasteiger partial charge is 0.328 e. The van der Waals surface area contributed by atoms with Crippen molar-refractivity contribution in [2.45, 2.75) is 6.92 Å². The number of hydrogen-bond acceptors (Lipinski definition) is 6. The van der Waals surface area contributed by atoms with Gasteiger partial charge in [-0.05, 0) is 48.4 Å². The molecule has 8 heteroatoms. The van der Waals surface area contributed by atoms with E-state index in [0.717, 1.165) is 28.6 Å². The lowest BCUT2D eigenvalue weighted by Gasteiger charge is -2.06. The maximum Gasteiger partial charge on any atom is 0.328 e. The maximum absolute atomic E-state index is 10.7. The van der Waals surface area contributed by atoms with E-state index in [1.807, 2.05) is 55.5 Å². The first-order valence-electron chi connectivity index (χ1n) is 8.52. The minimum atomic E-state index is -0.996. The molecule has 0 aliphatic heterocycles. The van der Waals surface area contributed by atoms with E-state index >= 15 is 0 Å². The monoisotopic (exact) mass is 372 g/mol. The number of benzene rings is 2. The van der Waals surface area contributed by atoms with E-state index in [1.165, 1.54) is 6.08 Å². The number of nitrogens with one attached hydrogen (secondary N) is 1. The zero-order valence-electron chi connectivity index (χ0n) is 14.9. The van der Waals surface area contributed by atoms with Crippen molar-refractivity contribution in [1.82, 2.24) is 25.0 Å². The summed E-state index contributed by atoms with van der Waals surface area (Å²) >= 11 is 0. The van der Waals surface area contributed by atoms with E-state index in [1.54, 1.807) is 10.9 Å². The summed E-state index contributed by atoms with van der Waals surface area (Å²) < 4.78 is 1.67. The lowest BCUT2D eigenvalue weighted by molar-refractivity contribution is -0.131. The van der Waals surface area contributed by atoms with Crippen molar-refractivity contribution in [2.24, 2.45) is 0 Å². The van der Waals surface area contributed by atoms with E-state index in [9.17, 15) is 4.79 Å². The third kappa shape index (κ3) is 3.70. The van der Waals surface area contributed by atoms with Crippen LogP contribution < -0.4 is 5.32 Å². The van der Waals surface area contributed by atoms with Crippen molar-refractivity contribution in [2.75, 3.05) is 5.32 Å². The number of nitrogens with zero attached hydrogens (tertiary/aromatic N) is 5. The third-order valence-corrected chi connectivity index (χ3v) is 4.00. The Morgan fingerprint density at radius 3 is 2.86 bits per heavy atom. The van der Waals surface area contributed by atoms with Crippen LogP contribution in [0.5, 0.6) is 0 Å². The molecule has 0 fully saturated rings. The number of rotatable bonds is 5. The number of hydrogen-bond donors (Lipinski definition) is 2. The summed E-state index contributed by atoms with van der Waals surface area (Å²) in [6, 6.07) is 15.2. The lowest BCUT2D eigenvalue weighted by Crippen LogP contribution is -2.01. The molecule has 0 aliphatic carbocycles. The fourth-order valence-corrected chi connectivity index (χ4v) is 2.74. The lowest BCUT2D eigenvalue weighted by atomic mass is 10.2. The maximum atomic E-state index is 10.7. The molecule has 0 amide bonds. The van der Waals surface area contributed by atoms with Crippen LogP contribution in [-0.4, -0.2) is 36.0 Å². The van der Waals surface area contributed by atoms with Crippen LogP contribution in [-0.2, 0) is 4.79 Å². The quantitative estimate of drug-likeness (QED) is 0.517. The van der Waals surface area contributed by atoms with Crippen molar-refractivity contribution in [3.8, 4) is 5.69 Å².